The average Bonchev–Trinajstić information content (AvgIpc) is 3.15. The van der Waals surface area contributed by atoms with Crippen molar-refractivity contribution < 1.29 is 9.18 Å². The number of hydrogen-bond donors (Lipinski definition) is 1. The summed E-state index contributed by atoms with van der Waals surface area (Å²) in [4.78, 5) is 25.1. The van der Waals surface area contributed by atoms with Gasteiger partial charge in [0.1, 0.15) is 11.6 Å². The lowest BCUT2D eigenvalue weighted by molar-refractivity contribution is -0.138. The Balaban J connectivity index is 1.34. The van der Waals surface area contributed by atoms with E-state index in [1.807, 2.05) is 4.90 Å². The highest BCUT2D eigenvalue weighted by atomic mass is 19.1. The van der Waals surface area contributed by atoms with Gasteiger partial charge in [-0.1, -0.05) is 0 Å². The lowest BCUT2D eigenvalue weighted by Gasteiger charge is -2.37. The van der Waals surface area contributed by atoms with Crippen LogP contribution in [0.3, 0.4) is 0 Å². The summed E-state index contributed by atoms with van der Waals surface area (Å²) in [6, 6.07) is 6.79. The molecule has 0 aliphatic carbocycles. The van der Waals surface area contributed by atoms with Gasteiger partial charge in [0.2, 0.25) is 5.91 Å². The minimum atomic E-state index is -0.264. The molecule has 148 valence electrons. The molecule has 6 nitrogen and oxygen atoms in total. The van der Waals surface area contributed by atoms with E-state index in [1.54, 1.807) is 6.07 Å². The van der Waals surface area contributed by atoms with Crippen LogP contribution in [0.4, 0.5) is 4.39 Å². The number of rotatable bonds is 4. The number of carbonyl (C=O) groups excluding carboxylic acids is 1. The van der Waals surface area contributed by atoms with Crippen LogP contribution in [0.1, 0.15) is 43.8 Å². The molecule has 7 heteroatoms. The molecule has 1 amide bonds. The fourth-order valence-electron chi connectivity index (χ4n) is 4.49. The number of aromatic amines is 1. The van der Waals surface area contributed by atoms with E-state index in [1.165, 1.54) is 12.1 Å². The van der Waals surface area contributed by atoms with Crippen LogP contribution in [-0.4, -0.2) is 58.4 Å². The number of nitriles is 1. The molecule has 0 radical (unpaired) electrons. The number of hydrogen-bond acceptors (Lipinski definition) is 4. The third-order valence-corrected chi connectivity index (χ3v) is 6.05. The number of H-pyrrole nitrogens is 1. The molecule has 4 rings (SSSR count). The Morgan fingerprint density at radius 3 is 2.89 bits per heavy atom. The fraction of sp³-hybridized carbons (Fsp3) is 0.571. The van der Waals surface area contributed by atoms with Crippen LogP contribution in [0.25, 0.3) is 11.0 Å². The summed E-state index contributed by atoms with van der Waals surface area (Å²) in [5.74, 6) is 1.22. The smallest absolute Gasteiger partial charge is 0.226 e. The lowest BCUT2D eigenvalue weighted by atomic mass is 9.92. The Kier molecular flexibility index (Phi) is 5.58. The van der Waals surface area contributed by atoms with Crippen molar-refractivity contribution in [3.8, 4) is 6.07 Å². The monoisotopic (exact) mass is 383 g/mol. The number of aromatic nitrogens is 2. The van der Waals surface area contributed by atoms with Gasteiger partial charge in [-0.25, -0.2) is 9.37 Å². The molecular weight excluding hydrogens is 357 g/mol. The Labute approximate surface area is 164 Å². The van der Waals surface area contributed by atoms with E-state index < -0.39 is 0 Å². The second-order valence-electron chi connectivity index (χ2n) is 7.93. The normalized spacial score (nSPS) is 21.7. The molecule has 0 saturated carbocycles. The van der Waals surface area contributed by atoms with Crippen molar-refractivity contribution >= 4 is 16.9 Å². The van der Waals surface area contributed by atoms with Crippen LogP contribution in [-0.2, 0) is 4.79 Å². The van der Waals surface area contributed by atoms with E-state index in [4.69, 9.17) is 5.26 Å². The number of amides is 1. The maximum atomic E-state index is 13.4. The Morgan fingerprint density at radius 2 is 2.11 bits per heavy atom. The van der Waals surface area contributed by atoms with Crippen LogP contribution >= 0.6 is 0 Å². The van der Waals surface area contributed by atoms with Gasteiger partial charge in [-0.3, -0.25) is 4.79 Å². The van der Waals surface area contributed by atoms with E-state index in [-0.39, 0.29) is 23.6 Å². The van der Waals surface area contributed by atoms with Gasteiger partial charge in [-0.15, -0.1) is 0 Å². The predicted octanol–water partition coefficient (Wildman–Crippen LogP) is 3.03. The number of piperidine rings is 2. The molecule has 2 aliphatic rings. The first-order chi connectivity index (χ1) is 13.6. The maximum absolute atomic E-state index is 13.4. The van der Waals surface area contributed by atoms with Crippen LogP contribution in [0.15, 0.2) is 18.2 Å². The van der Waals surface area contributed by atoms with Gasteiger partial charge in [0.15, 0.2) is 0 Å². The number of imidazole rings is 1. The van der Waals surface area contributed by atoms with Crippen molar-refractivity contribution in [3.63, 3.8) is 0 Å². The predicted molar refractivity (Wildman–Crippen MR) is 104 cm³/mol. The van der Waals surface area contributed by atoms with Crippen molar-refractivity contribution in [2.45, 2.75) is 38.0 Å². The summed E-state index contributed by atoms with van der Waals surface area (Å²) in [5.41, 5.74) is 1.52. The summed E-state index contributed by atoms with van der Waals surface area (Å²) in [5, 5.41) is 8.78. The average molecular weight is 383 g/mol. The Bertz CT molecular complexity index is 881. The molecule has 1 aromatic carbocycles. The molecule has 2 aliphatic heterocycles. The van der Waals surface area contributed by atoms with Gasteiger partial charge in [0.25, 0.3) is 0 Å². The Hall–Kier alpha value is -2.46. The zero-order valence-corrected chi connectivity index (χ0v) is 16.0. The van der Waals surface area contributed by atoms with Gasteiger partial charge in [-0.05, 0) is 50.4 Å². The highest BCUT2D eigenvalue weighted by molar-refractivity contribution is 5.79. The summed E-state index contributed by atoms with van der Waals surface area (Å²) in [6.07, 6.45) is 4.23. The zero-order valence-electron chi connectivity index (χ0n) is 16.0. The second-order valence-corrected chi connectivity index (χ2v) is 7.93. The number of nitrogens with zero attached hydrogens (tertiary/aromatic N) is 4. The highest BCUT2D eigenvalue weighted by Crippen LogP contribution is 2.29. The van der Waals surface area contributed by atoms with Crippen LogP contribution < -0.4 is 0 Å². The molecule has 0 bridgehead atoms. The number of halogens is 1. The molecule has 3 heterocycles. The molecule has 2 saturated heterocycles. The first kappa shape index (κ1) is 18.9. The molecule has 2 aromatic rings. The summed E-state index contributed by atoms with van der Waals surface area (Å²) in [6.45, 7) is 4.00. The number of likely N-dealkylation sites (tertiary alicyclic amines) is 2. The van der Waals surface area contributed by atoms with E-state index in [0.29, 0.717) is 6.42 Å². The van der Waals surface area contributed by atoms with Crippen molar-refractivity contribution in [1.82, 2.24) is 19.8 Å². The van der Waals surface area contributed by atoms with Gasteiger partial charge >= 0.3 is 0 Å². The van der Waals surface area contributed by atoms with Gasteiger partial charge in [-0.2, -0.15) is 5.26 Å². The minimum Gasteiger partial charge on any atom is -0.342 e. The fourth-order valence-corrected chi connectivity index (χ4v) is 4.49. The molecule has 1 atom stereocenters. The van der Waals surface area contributed by atoms with Crippen LogP contribution in [0.2, 0.25) is 0 Å². The zero-order chi connectivity index (χ0) is 19.5. The SMILES string of the molecule is N#CCCN1CCCC(C(=O)N2CCC(c3nc4ccc(F)cc4[nH]3)CC2)C1. The summed E-state index contributed by atoms with van der Waals surface area (Å²) < 4.78 is 13.4. The third-order valence-electron chi connectivity index (χ3n) is 6.05. The van der Waals surface area contributed by atoms with Crippen molar-refractivity contribution in [2.24, 2.45) is 5.92 Å². The topological polar surface area (TPSA) is 76.0 Å². The standard InChI is InChI=1S/C21H26FN5O/c22-17-4-5-18-19(13-17)25-20(24-18)15-6-11-27(12-7-15)21(28)16-3-1-9-26(14-16)10-2-8-23/h4-5,13,15-16H,1-3,6-7,9-12,14H2,(H,24,25). The number of nitrogens with one attached hydrogen (secondary N) is 1. The van der Waals surface area contributed by atoms with Gasteiger partial charge in [0, 0.05) is 38.5 Å². The van der Waals surface area contributed by atoms with Crippen molar-refractivity contribution in [1.29, 1.82) is 5.26 Å². The van der Waals surface area contributed by atoms with Crippen molar-refractivity contribution in [3.05, 3.63) is 29.8 Å². The second kappa shape index (κ2) is 8.27. The molecule has 1 aromatic heterocycles. The molecular formula is C21H26FN5O. The lowest BCUT2D eigenvalue weighted by Crippen LogP contribution is -2.47. The number of fused-ring (bicyclic) bond motifs is 1. The summed E-state index contributed by atoms with van der Waals surface area (Å²) >= 11 is 0. The van der Waals surface area contributed by atoms with Crippen LogP contribution in [0, 0.1) is 23.1 Å². The quantitative estimate of drug-likeness (QED) is 0.880. The number of benzene rings is 1. The first-order valence-corrected chi connectivity index (χ1v) is 10.2. The van der Waals surface area contributed by atoms with Crippen molar-refractivity contribution in [2.75, 3.05) is 32.7 Å². The van der Waals surface area contributed by atoms with Gasteiger partial charge in [0.05, 0.1) is 23.0 Å². The molecule has 1 N–H and O–H groups in total. The summed E-state index contributed by atoms with van der Waals surface area (Å²) in [7, 11) is 0. The maximum Gasteiger partial charge on any atom is 0.226 e. The highest BCUT2D eigenvalue weighted by Gasteiger charge is 2.32. The van der Waals surface area contributed by atoms with E-state index >= 15 is 0 Å². The Morgan fingerprint density at radius 1 is 1.29 bits per heavy atom. The number of carbonyl (C=O) groups is 1. The van der Waals surface area contributed by atoms with Gasteiger partial charge < -0.3 is 14.8 Å². The van der Waals surface area contributed by atoms with E-state index in [2.05, 4.69) is 20.9 Å². The largest absolute Gasteiger partial charge is 0.342 e. The first-order valence-electron chi connectivity index (χ1n) is 10.2. The molecule has 0 spiro atoms. The third kappa shape index (κ3) is 4.02. The molecule has 1 unspecified atom stereocenters. The van der Waals surface area contributed by atoms with E-state index in [0.717, 1.165) is 75.3 Å². The minimum absolute atomic E-state index is 0.0539. The van der Waals surface area contributed by atoms with E-state index in [9.17, 15) is 9.18 Å². The molecule has 28 heavy (non-hydrogen) atoms. The van der Waals surface area contributed by atoms with Crippen LogP contribution in [0.5, 0.6) is 0 Å². The molecule has 2 fully saturated rings.